The van der Waals surface area contributed by atoms with Crippen LogP contribution >= 0.6 is 0 Å². The summed E-state index contributed by atoms with van der Waals surface area (Å²) in [7, 11) is 2.94. The summed E-state index contributed by atoms with van der Waals surface area (Å²) in [6.07, 6.45) is 0.883. The molecular weight excluding hydrogens is 154 g/mol. The van der Waals surface area contributed by atoms with Gasteiger partial charge in [-0.15, -0.1) is 0 Å². The van der Waals surface area contributed by atoms with E-state index in [-0.39, 0.29) is 0 Å². The van der Waals surface area contributed by atoms with Crippen LogP contribution in [-0.4, -0.2) is 17.1 Å². The van der Waals surface area contributed by atoms with Crippen LogP contribution in [0.4, 0.5) is 5.69 Å². The molecule has 0 heterocycles. The summed E-state index contributed by atoms with van der Waals surface area (Å²) in [5.74, 6) is 0. The Kier molecular flexibility index (Phi) is 3.13. The monoisotopic (exact) mass is 164 g/mol. The SMILES string of the molecule is Nc1cccc(CCO[Si])c1. The molecule has 3 radical (unpaired) electrons. The van der Waals surface area contributed by atoms with Crippen molar-refractivity contribution in [2.24, 2.45) is 0 Å². The maximum Gasteiger partial charge on any atom is 0.246 e. The lowest BCUT2D eigenvalue weighted by atomic mass is 10.1. The van der Waals surface area contributed by atoms with Gasteiger partial charge in [-0.1, -0.05) is 12.1 Å². The molecule has 0 fully saturated rings. The minimum atomic E-state index is 0.667. The molecule has 0 aliphatic heterocycles. The van der Waals surface area contributed by atoms with Gasteiger partial charge in [-0.2, -0.15) is 0 Å². The predicted molar refractivity (Wildman–Crippen MR) is 46.3 cm³/mol. The second kappa shape index (κ2) is 4.15. The first kappa shape index (κ1) is 8.29. The molecule has 0 spiro atoms. The van der Waals surface area contributed by atoms with E-state index in [0.29, 0.717) is 6.61 Å². The van der Waals surface area contributed by atoms with Gasteiger partial charge in [-0.05, 0) is 24.1 Å². The first-order chi connectivity index (χ1) is 5.33. The smallest absolute Gasteiger partial charge is 0.246 e. The van der Waals surface area contributed by atoms with E-state index in [9.17, 15) is 0 Å². The summed E-state index contributed by atoms with van der Waals surface area (Å²) < 4.78 is 4.75. The van der Waals surface area contributed by atoms with E-state index in [1.165, 1.54) is 5.56 Å². The van der Waals surface area contributed by atoms with Crippen molar-refractivity contribution in [2.45, 2.75) is 6.42 Å². The summed E-state index contributed by atoms with van der Waals surface area (Å²) in [5.41, 5.74) is 7.58. The number of rotatable bonds is 3. The second-order valence-corrected chi connectivity index (χ2v) is 2.63. The van der Waals surface area contributed by atoms with Crippen LogP contribution in [0.3, 0.4) is 0 Å². The molecule has 57 valence electrons. The third-order valence-corrected chi connectivity index (χ3v) is 1.65. The third-order valence-electron chi connectivity index (χ3n) is 1.44. The number of hydrogen-bond acceptors (Lipinski definition) is 2. The van der Waals surface area contributed by atoms with Crippen LogP contribution in [0.25, 0.3) is 0 Å². The van der Waals surface area contributed by atoms with E-state index in [0.717, 1.165) is 12.1 Å². The maximum atomic E-state index is 5.58. The number of nitrogens with two attached hydrogens (primary N) is 1. The lowest BCUT2D eigenvalue weighted by molar-refractivity contribution is 0.354. The zero-order valence-electron chi connectivity index (χ0n) is 6.21. The minimum Gasteiger partial charge on any atom is -0.418 e. The number of benzene rings is 1. The zero-order valence-corrected chi connectivity index (χ0v) is 7.21. The van der Waals surface area contributed by atoms with Crippen LogP contribution in [0.2, 0.25) is 0 Å². The Balaban J connectivity index is 2.56. The highest BCUT2D eigenvalue weighted by atomic mass is 28.2. The van der Waals surface area contributed by atoms with Crippen LogP contribution in [0, 0.1) is 0 Å². The lowest BCUT2D eigenvalue weighted by Gasteiger charge is -2.00. The average Bonchev–Trinajstić information content (AvgIpc) is 2.01. The first-order valence-electron chi connectivity index (χ1n) is 3.46. The molecule has 2 nitrogen and oxygen atoms in total. The number of hydrogen-bond donors (Lipinski definition) is 1. The Morgan fingerprint density at radius 3 is 2.91 bits per heavy atom. The normalized spacial score (nSPS) is 9.91. The number of nitrogen functional groups attached to an aromatic ring is 1. The fraction of sp³-hybridized carbons (Fsp3) is 0.250. The van der Waals surface area contributed by atoms with Crippen molar-refractivity contribution < 1.29 is 4.43 Å². The Hall–Kier alpha value is -0.803. The van der Waals surface area contributed by atoms with Crippen LogP contribution in [0.1, 0.15) is 5.56 Å². The van der Waals surface area contributed by atoms with Crippen LogP contribution in [0.15, 0.2) is 24.3 Å². The van der Waals surface area contributed by atoms with Gasteiger partial charge in [0.25, 0.3) is 0 Å². The first-order valence-corrected chi connectivity index (χ1v) is 3.86. The molecule has 1 aromatic carbocycles. The predicted octanol–water partition coefficient (Wildman–Crippen LogP) is 0.911. The highest BCUT2D eigenvalue weighted by Gasteiger charge is 1.91. The lowest BCUT2D eigenvalue weighted by Crippen LogP contribution is -1.96. The second-order valence-electron chi connectivity index (χ2n) is 2.34. The van der Waals surface area contributed by atoms with Crippen molar-refractivity contribution in [2.75, 3.05) is 12.3 Å². The topological polar surface area (TPSA) is 35.2 Å². The van der Waals surface area contributed by atoms with Gasteiger partial charge in [-0.3, -0.25) is 0 Å². The largest absolute Gasteiger partial charge is 0.418 e. The van der Waals surface area contributed by atoms with Gasteiger partial charge in [0.2, 0.25) is 10.5 Å². The van der Waals surface area contributed by atoms with Crippen LogP contribution < -0.4 is 5.73 Å². The fourth-order valence-corrected chi connectivity index (χ4v) is 1.02. The quantitative estimate of drug-likeness (QED) is 0.532. The molecule has 0 aromatic heterocycles. The molecule has 2 N–H and O–H groups in total. The summed E-state index contributed by atoms with van der Waals surface area (Å²) in [5, 5.41) is 0. The molecule has 11 heavy (non-hydrogen) atoms. The summed E-state index contributed by atoms with van der Waals surface area (Å²) in [6.45, 7) is 0.667. The molecular formula is C8H10NOSi. The Morgan fingerprint density at radius 1 is 1.45 bits per heavy atom. The number of anilines is 1. The molecule has 0 atom stereocenters. The molecule has 1 aromatic rings. The molecule has 0 bridgehead atoms. The van der Waals surface area contributed by atoms with E-state index in [4.69, 9.17) is 10.2 Å². The molecule has 0 saturated heterocycles. The van der Waals surface area contributed by atoms with Crippen molar-refractivity contribution >= 4 is 16.2 Å². The molecule has 0 aliphatic carbocycles. The van der Waals surface area contributed by atoms with Crippen molar-refractivity contribution in [3.05, 3.63) is 29.8 Å². The fourth-order valence-electron chi connectivity index (χ4n) is 0.918. The molecule has 1 rings (SSSR count). The Morgan fingerprint density at radius 2 is 2.27 bits per heavy atom. The maximum absolute atomic E-state index is 5.58. The highest BCUT2D eigenvalue weighted by molar-refractivity contribution is 5.97. The van der Waals surface area contributed by atoms with Gasteiger partial charge in [0, 0.05) is 12.3 Å². The van der Waals surface area contributed by atoms with Gasteiger partial charge in [0.15, 0.2) is 0 Å². The van der Waals surface area contributed by atoms with Gasteiger partial charge in [-0.25, -0.2) is 0 Å². The van der Waals surface area contributed by atoms with Gasteiger partial charge in [0.05, 0.1) is 0 Å². The third kappa shape index (κ3) is 2.74. The van der Waals surface area contributed by atoms with Crippen molar-refractivity contribution in [3.8, 4) is 0 Å². The summed E-state index contributed by atoms with van der Waals surface area (Å²) in [4.78, 5) is 0. The van der Waals surface area contributed by atoms with Gasteiger partial charge >= 0.3 is 0 Å². The van der Waals surface area contributed by atoms with Crippen LogP contribution in [0.5, 0.6) is 0 Å². The van der Waals surface area contributed by atoms with E-state index in [1.54, 1.807) is 0 Å². The van der Waals surface area contributed by atoms with E-state index >= 15 is 0 Å². The standard InChI is InChI=1S/C8H10NOSi/c9-8-3-1-2-7(6-8)4-5-10-11/h1-3,6H,4-5,9H2. The van der Waals surface area contributed by atoms with Gasteiger partial charge in [0.1, 0.15) is 0 Å². The molecule has 0 amide bonds. The minimum absolute atomic E-state index is 0.667. The van der Waals surface area contributed by atoms with E-state index < -0.39 is 0 Å². The molecule has 0 aliphatic rings. The van der Waals surface area contributed by atoms with Crippen molar-refractivity contribution in [3.63, 3.8) is 0 Å². The molecule has 3 heteroatoms. The van der Waals surface area contributed by atoms with E-state index in [2.05, 4.69) is 10.5 Å². The van der Waals surface area contributed by atoms with E-state index in [1.807, 2.05) is 24.3 Å². The molecule has 0 saturated carbocycles. The highest BCUT2D eigenvalue weighted by Crippen LogP contribution is 2.06. The van der Waals surface area contributed by atoms with Crippen molar-refractivity contribution in [1.29, 1.82) is 0 Å². The Labute approximate surface area is 69.9 Å². The van der Waals surface area contributed by atoms with Crippen molar-refractivity contribution in [1.82, 2.24) is 0 Å². The summed E-state index contributed by atoms with van der Waals surface area (Å²) >= 11 is 0. The average molecular weight is 164 g/mol. The zero-order chi connectivity index (χ0) is 8.10. The molecule has 0 unspecified atom stereocenters. The Bertz CT molecular complexity index is 227. The van der Waals surface area contributed by atoms with Gasteiger partial charge < -0.3 is 10.2 Å². The summed E-state index contributed by atoms with van der Waals surface area (Å²) in [6, 6.07) is 7.79. The van der Waals surface area contributed by atoms with Crippen LogP contribution in [-0.2, 0) is 10.8 Å².